The Hall–Kier alpha value is -2.43. The maximum atomic E-state index is 11.6. The van der Waals surface area contributed by atoms with E-state index < -0.39 is 0 Å². The van der Waals surface area contributed by atoms with Crippen molar-refractivity contribution in [2.24, 2.45) is 0 Å². The molecule has 0 fully saturated rings. The van der Waals surface area contributed by atoms with Gasteiger partial charge in [-0.2, -0.15) is 5.10 Å². The van der Waals surface area contributed by atoms with E-state index >= 15 is 0 Å². The molecule has 2 rings (SSSR count). The number of hydrogen-bond donors (Lipinski definition) is 2. The van der Waals surface area contributed by atoms with E-state index in [1.807, 2.05) is 0 Å². The van der Waals surface area contributed by atoms with Crippen LogP contribution in [-0.2, 0) is 0 Å². The van der Waals surface area contributed by atoms with Crippen LogP contribution in [-0.4, -0.2) is 22.4 Å². The van der Waals surface area contributed by atoms with Gasteiger partial charge in [0.1, 0.15) is 6.29 Å². The number of aromatic nitrogens is 2. The number of carbonyl (C=O) groups is 2. The molecular formula is C11H9N3O2. The quantitative estimate of drug-likeness (QED) is 0.761. The van der Waals surface area contributed by atoms with Gasteiger partial charge in [-0.1, -0.05) is 12.1 Å². The predicted octanol–water partition coefficient (Wildman–Crippen LogP) is 1.47. The van der Waals surface area contributed by atoms with Crippen molar-refractivity contribution >= 4 is 17.9 Å². The predicted molar refractivity (Wildman–Crippen MR) is 58.4 cm³/mol. The van der Waals surface area contributed by atoms with Crippen molar-refractivity contribution in [2.75, 3.05) is 5.32 Å². The largest absolute Gasteiger partial charge is 0.322 e. The van der Waals surface area contributed by atoms with Gasteiger partial charge in [0, 0.05) is 17.4 Å². The van der Waals surface area contributed by atoms with Gasteiger partial charge in [0.15, 0.2) is 0 Å². The number of nitrogens with one attached hydrogen (secondary N) is 2. The number of benzene rings is 1. The third-order valence-electron chi connectivity index (χ3n) is 2.04. The molecule has 0 atom stereocenters. The molecule has 0 bridgehead atoms. The van der Waals surface area contributed by atoms with Crippen LogP contribution >= 0.6 is 0 Å². The lowest BCUT2D eigenvalue weighted by molar-refractivity contribution is 0.102. The number of rotatable bonds is 3. The van der Waals surface area contributed by atoms with E-state index in [0.29, 0.717) is 16.8 Å². The number of nitrogens with zero attached hydrogens (tertiary/aromatic N) is 1. The Balaban J connectivity index is 2.15. The highest BCUT2D eigenvalue weighted by molar-refractivity contribution is 6.04. The fraction of sp³-hybridized carbons (Fsp3) is 0. The maximum absolute atomic E-state index is 11.6. The molecule has 0 aliphatic heterocycles. The summed E-state index contributed by atoms with van der Waals surface area (Å²) in [5.74, 6) is -0.267. The fourth-order valence-electron chi connectivity index (χ4n) is 1.27. The van der Waals surface area contributed by atoms with E-state index in [1.54, 1.807) is 24.3 Å². The fourth-order valence-corrected chi connectivity index (χ4v) is 1.27. The third-order valence-corrected chi connectivity index (χ3v) is 2.04. The van der Waals surface area contributed by atoms with Gasteiger partial charge in [0.25, 0.3) is 5.91 Å². The summed E-state index contributed by atoms with van der Waals surface area (Å²) in [6.45, 7) is 0. The Morgan fingerprint density at radius 3 is 3.00 bits per heavy atom. The van der Waals surface area contributed by atoms with Crippen LogP contribution in [0.1, 0.15) is 20.7 Å². The molecule has 2 N–H and O–H groups in total. The number of hydrogen-bond acceptors (Lipinski definition) is 3. The minimum absolute atomic E-state index is 0.267. The van der Waals surface area contributed by atoms with Crippen LogP contribution in [0.2, 0.25) is 0 Å². The minimum atomic E-state index is -0.267. The van der Waals surface area contributed by atoms with Gasteiger partial charge in [0.2, 0.25) is 0 Å². The van der Waals surface area contributed by atoms with E-state index in [-0.39, 0.29) is 5.91 Å². The number of carbonyl (C=O) groups excluding carboxylic acids is 2. The van der Waals surface area contributed by atoms with Crippen LogP contribution < -0.4 is 5.32 Å². The molecule has 80 valence electrons. The molecule has 0 saturated heterocycles. The second-order valence-electron chi connectivity index (χ2n) is 3.18. The highest BCUT2D eigenvalue weighted by Gasteiger charge is 2.06. The van der Waals surface area contributed by atoms with Gasteiger partial charge in [-0.05, 0) is 12.1 Å². The van der Waals surface area contributed by atoms with Crippen LogP contribution in [0.3, 0.4) is 0 Å². The molecule has 1 amide bonds. The standard InChI is InChI=1S/C11H9N3O2/c15-7-8-2-1-3-10(4-8)14-11(16)9-5-12-13-6-9/h1-7H,(H,12,13)(H,14,16). The molecule has 5 heteroatoms. The summed E-state index contributed by atoms with van der Waals surface area (Å²) in [6, 6.07) is 6.69. The zero-order chi connectivity index (χ0) is 11.4. The molecule has 0 aliphatic rings. The number of aromatic amines is 1. The van der Waals surface area contributed by atoms with Crippen molar-refractivity contribution in [3.63, 3.8) is 0 Å². The van der Waals surface area contributed by atoms with E-state index in [4.69, 9.17) is 0 Å². The van der Waals surface area contributed by atoms with E-state index in [1.165, 1.54) is 12.4 Å². The van der Waals surface area contributed by atoms with Gasteiger partial charge < -0.3 is 5.32 Å². The molecule has 16 heavy (non-hydrogen) atoms. The van der Waals surface area contributed by atoms with Crippen molar-refractivity contribution in [3.8, 4) is 0 Å². The van der Waals surface area contributed by atoms with Gasteiger partial charge in [-0.15, -0.1) is 0 Å². The molecule has 0 aliphatic carbocycles. The topological polar surface area (TPSA) is 74.8 Å². The highest BCUT2D eigenvalue weighted by atomic mass is 16.1. The van der Waals surface area contributed by atoms with E-state index in [0.717, 1.165) is 6.29 Å². The lowest BCUT2D eigenvalue weighted by atomic mass is 10.2. The van der Waals surface area contributed by atoms with Gasteiger partial charge in [-0.25, -0.2) is 0 Å². The smallest absolute Gasteiger partial charge is 0.258 e. The Morgan fingerprint density at radius 1 is 1.44 bits per heavy atom. The highest BCUT2D eigenvalue weighted by Crippen LogP contribution is 2.10. The summed E-state index contributed by atoms with van der Waals surface area (Å²) in [5, 5.41) is 8.89. The second kappa shape index (κ2) is 4.39. The van der Waals surface area contributed by atoms with Crippen molar-refractivity contribution in [1.29, 1.82) is 0 Å². The third kappa shape index (κ3) is 2.14. The first-order chi connectivity index (χ1) is 7.79. The van der Waals surface area contributed by atoms with Gasteiger partial charge in [-0.3, -0.25) is 14.7 Å². The summed E-state index contributed by atoms with van der Waals surface area (Å²) in [6.07, 6.45) is 3.66. The summed E-state index contributed by atoms with van der Waals surface area (Å²) < 4.78 is 0. The molecule has 1 heterocycles. The molecule has 2 aromatic rings. The molecule has 0 saturated carbocycles. The van der Waals surface area contributed by atoms with E-state index in [2.05, 4.69) is 15.5 Å². The summed E-state index contributed by atoms with van der Waals surface area (Å²) in [7, 11) is 0. The second-order valence-corrected chi connectivity index (χ2v) is 3.18. The average molecular weight is 215 g/mol. The van der Waals surface area contributed by atoms with Crippen molar-refractivity contribution in [1.82, 2.24) is 10.2 Å². The van der Waals surface area contributed by atoms with Gasteiger partial charge >= 0.3 is 0 Å². The van der Waals surface area contributed by atoms with Crippen LogP contribution in [0.4, 0.5) is 5.69 Å². The monoisotopic (exact) mass is 215 g/mol. The average Bonchev–Trinajstić information content (AvgIpc) is 2.83. The first-order valence-corrected chi connectivity index (χ1v) is 4.65. The summed E-state index contributed by atoms with van der Waals surface area (Å²) in [4.78, 5) is 22.2. The summed E-state index contributed by atoms with van der Waals surface area (Å²) >= 11 is 0. The Labute approximate surface area is 91.5 Å². The molecule has 0 unspecified atom stereocenters. The van der Waals surface area contributed by atoms with Crippen LogP contribution in [0.25, 0.3) is 0 Å². The minimum Gasteiger partial charge on any atom is -0.322 e. The van der Waals surface area contributed by atoms with E-state index in [9.17, 15) is 9.59 Å². The van der Waals surface area contributed by atoms with Crippen LogP contribution in [0.15, 0.2) is 36.7 Å². The SMILES string of the molecule is O=Cc1cccc(NC(=O)c2cn[nH]c2)c1. The zero-order valence-electron chi connectivity index (χ0n) is 8.31. The number of amides is 1. The first kappa shape index (κ1) is 10.1. The molecule has 1 aromatic heterocycles. The molecule has 1 aromatic carbocycles. The number of H-pyrrole nitrogens is 1. The Morgan fingerprint density at radius 2 is 2.31 bits per heavy atom. The number of anilines is 1. The van der Waals surface area contributed by atoms with Crippen molar-refractivity contribution in [3.05, 3.63) is 47.8 Å². The summed E-state index contributed by atoms with van der Waals surface area (Å²) in [5.41, 5.74) is 1.54. The van der Waals surface area contributed by atoms with Crippen molar-refractivity contribution < 1.29 is 9.59 Å². The van der Waals surface area contributed by atoms with Crippen LogP contribution in [0.5, 0.6) is 0 Å². The molecular weight excluding hydrogens is 206 g/mol. The first-order valence-electron chi connectivity index (χ1n) is 4.65. The normalized spacial score (nSPS) is 9.75. The maximum Gasteiger partial charge on any atom is 0.258 e. The molecule has 0 spiro atoms. The molecule has 0 radical (unpaired) electrons. The lowest BCUT2D eigenvalue weighted by Crippen LogP contribution is -2.10. The van der Waals surface area contributed by atoms with Crippen LogP contribution in [0, 0.1) is 0 Å². The Kier molecular flexibility index (Phi) is 2.77. The Bertz CT molecular complexity index is 506. The van der Waals surface area contributed by atoms with Crippen molar-refractivity contribution in [2.45, 2.75) is 0 Å². The zero-order valence-corrected chi connectivity index (χ0v) is 8.31. The lowest BCUT2D eigenvalue weighted by Gasteiger charge is -2.03. The van der Waals surface area contributed by atoms with Gasteiger partial charge in [0.05, 0.1) is 11.8 Å². The molecule has 5 nitrogen and oxygen atoms in total. The number of aldehydes is 1.